The van der Waals surface area contributed by atoms with Crippen molar-refractivity contribution in [3.8, 4) is 5.75 Å². The summed E-state index contributed by atoms with van der Waals surface area (Å²) in [6, 6.07) is 4.32. The molecule has 5 rings (SSSR count). The molecule has 174 valence electrons. The Labute approximate surface area is 192 Å². The number of hydrogen-bond donors (Lipinski definition) is 4. The van der Waals surface area contributed by atoms with E-state index in [0.29, 0.717) is 48.1 Å². The van der Waals surface area contributed by atoms with Crippen LogP contribution in [0.15, 0.2) is 30.9 Å². The zero-order chi connectivity index (χ0) is 23.5. The summed E-state index contributed by atoms with van der Waals surface area (Å²) in [4.78, 5) is 25.4. The van der Waals surface area contributed by atoms with Crippen LogP contribution in [0.5, 0.6) is 5.75 Å². The number of hydrogen-bond acceptors (Lipinski definition) is 6. The number of nitrogens with zero attached hydrogens (tertiary/aromatic N) is 2. The molecule has 7 N–H and O–H groups in total. The molecule has 0 bridgehead atoms. The highest BCUT2D eigenvalue weighted by Gasteiger charge is 2.56. The number of carbonyl (C=O) groups is 2. The quantitative estimate of drug-likeness (QED) is 0.370. The number of aromatic nitrogens is 2. The summed E-state index contributed by atoms with van der Waals surface area (Å²) >= 11 is 0. The van der Waals surface area contributed by atoms with Gasteiger partial charge in [-0.2, -0.15) is 5.10 Å². The first-order valence-electron chi connectivity index (χ1n) is 11.4. The van der Waals surface area contributed by atoms with Crippen molar-refractivity contribution in [3.05, 3.63) is 58.9 Å². The third-order valence-corrected chi connectivity index (χ3v) is 7.12. The molecule has 9 heteroatoms. The van der Waals surface area contributed by atoms with Crippen LogP contribution in [-0.4, -0.2) is 33.9 Å². The van der Waals surface area contributed by atoms with Crippen LogP contribution in [0.1, 0.15) is 68.9 Å². The summed E-state index contributed by atoms with van der Waals surface area (Å²) in [7, 11) is 0. The molecular formula is C24H30N6O3. The molecule has 3 aliphatic rings. The van der Waals surface area contributed by atoms with E-state index >= 15 is 0 Å². The molecule has 1 aromatic carbocycles. The SMILES string of the molecule is C=CC[C@@H]1COc2cc(C(N)=O)cc3c2C1[C@@](N)(NC(=O)c1cc(C)nn1CC1CC1)C3N. The van der Waals surface area contributed by atoms with Gasteiger partial charge < -0.3 is 27.3 Å². The number of benzene rings is 1. The third kappa shape index (κ3) is 3.52. The van der Waals surface area contributed by atoms with Gasteiger partial charge in [0.25, 0.3) is 5.91 Å². The van der Waals surface area contributed by atoms with E-state index in [1.54, 1.807) is 22.9 Å². The molecule has 2 aromatic rings. The number of nitrogens with two attached hydrogens (primary N) is 3. The first kappa shape index (κ1) is 21.7. The van der Waals surface area contributed by atoms with Crippen molar-refractivity contribution < 1.29 is 14.3 Å². The molecule has 9 nitrogen and oxygen atoms in total. The van der Waals surface area contributed by atoms with Gasteiger partial charge in [-0.15, -0.1) is 6.58 Å². The minimum atomic E-state index is -1.29. The molecular weight excluding hydrogens is 420 g/mol. The van der Waals surface area contributed by atoms with Crippen molar-refractivity contribution in [3.63, 3.8) is 0 Å². The number of amides is 2. The van der Waals surface area contributed by atoms with Gasteiger partial charge in [-0.05, 0) is 55.9 Å². The topological polar surface area (TPSA) is 151 Å². The Kier molecular flexibility index (Phi) is 5.06. The smallest absolute Gasteiger partial charge is 0.271 e. The van der Waals surface area contributed by atoms with Crippen molar-refractivity contribution in [2.24, 2.45) is 29.0 Å². The number of carbonyl (C=O) groups excluding carboxylic acids is 2. The maximum atomic E-state index is 13.5. The van der Waals surface area contributed by atoms with Crippen molar-refractivity contribution in [1.82, 2.24) is 15.1 Å². The molecule has 1 saturated carbocycles. The normalized spacial score (nSPS) is 27.5. The van der Waals surface area contributed by atoms with Gasteiger partial charge in [0.15, 0.2) is 0 Å². The molecule has 2 unspecified atom stereocenters. The van der Waals surface area contributed by atoms with Crippen LogP contribution in [0.4, 0.5) is 0 Å². The van der Waals surface area contributed by atoms with Crippen LogP contribution in [-0.2, 0) is 6.54 Å². The van der Waals surface area contributed by atoms with Crippen LogP contribution < -0.4 is 27.3 Å². The van der Waals surface area contributed by atoms with Gasteiger partial charge in [-0.3, -0.25) is 14.3 Å². The zero-order valence-corrected chi connectivity index (χ0v) is 18.7. The third-order valence-electron chi connectivity index (χ3n) is 7.12. The average Bonchev–Trinajstić information content (AvgIpc) is 3.46. The van der Waals surface area contributed by atoms with Gasteiger partial charge in [0.05, 0.1) is 18.3 Å². The van der Waals surface area contributed by atoms with Gasteiger partial charge in [-0.25, -0.2) is 0 Å². The summed E-state index contributed by atoms with van der Waals surface area (Å²) in [6.07, 6.45) is 4.76. The van der Waals surface area contributed by atoms with Crippen molar-refractivity contribution in [1.29, 1.82) is 0 Å². The van der Waals surface area contributed by atoms with Crippen LogP contribution in [0.3, 0.4) is 0 Å². The van der Waals surface area contributed by atoms with E-state index in [4.69, 9.17) is 21.9 Å². The van der Waals surface area contributed by atoms with E-state index in [-0.39, 0.29) is 17.7 Å². The Hall–Kier alpha value is -3.17. The molecule has 0 saturated heterocycles. The number of primary amides is 1. The first-order valence-corrected chi connectivity index (χ1v) is 11.4. The molecule has 2 heterocycles. The van der Waals surface area contributed by atoms with Crippen molar-refractivity contribution in [2.45, 2.75) is 50.4 Å². The van der Waals surface area contributed by atoms with Crippen LogP contribution in [0.2, 0.25) is 0 Å². The van der Waals surface area contributed by atoms with Gasteiger partial charge >= 0.3 is 0 Å². The Morgan fingerprint density at radius 2 is 2.12 bits per heavy atom. The standard InChI is InChI=1S/C24H30N6O3/c1-3-4-14-11-33-18-9-15(22(26)31)8-16-19(18)20(14)24(27,21(16)25)28-23(32)17-7-12(2)29-30(17)10-13-5-6-13/h3,7-9,13-14,20-21H,1,4-6,10-11,25,27H2,2H3,(H2,26,31)(H,28,32)/t14-,20?,21?,24-/m1/s1. The number of allylic oxidation sites excluding steroid dienone is 1. The summed E-state index contributed by atoms with van der Waals surface area (Å²) < 4.78 is 7.75. The summed E-state index contributed by atoms with van der Waals surface area (Å²) in [5.41, 5.74) is 20.9. The average molecular weight is 451 g/mol. The van der Waals surface area contributed by atoms with E-state index in [1.165, 1.54) is 0 Å². The first-order chi connectivity index (χ1) is 15.7. The summed E-state index contributed by atoms with van der Waals surface area (Å²) in [5, 5.41) is 7.57. The number of nitrogens with one attached hydrogen (secondary N) is 1. The van der Waals surface area contributed by atoms with E-state index in [2.05, 4.69) is 17.0 Å². The lowest BCUT2D eigenvalue weighted by Gasteiger charge is -2.41. The van der Waals surface area contributed by atoms with E-state index < -0.39 is 17.6 Å². The Morgan fingerprint density at radius 3 is 2.79 bits per heavy atom. The van der Waals surface area contributed by atoms with E-state index in [0.717, 1.165) is 24.1 Å². The van der Waals surface area contributed by atoms with Crippen LogP contribution in [0.25, 0.3) is 0 Å². The van der Waals surface area contributed by atoms with E-state index in [9.17, 15) is 9.59 Å². The molecule has 1 aliphatic heterocycles. The highest BCUT2D eigenvalue weighted by Crippen LogP contribution is 2.55. The molecule has 0 spiro atoms. The van der Waals surface area contributed by atoms with Gasteiger partial charge in [0, 0.05) is 29.5 Å². The van der Waals surface area contributed by atoms with Crippen molar-refractivity contribution >= 4 is 11.8 Å². The maximum Gasteiger partial charge on any atom is 0.271 e. The Bertz CT molecular complexity index is 1150. The zero-order valence-electron chi connectivity index (χ0n) is 18.7. The summed E-state index contributed by atoms with van der Waals surface area (Å²) in [5.74, 6) is -0.141. The lowest BCUT2D eigenvalue weighted by atomic mass is 9.77. The molecule has 1 fully saturated rings. The van der Waals surface area contributed by atoms with Gasteiger partial charge in [0.2, 0.25) is 5.91 Å². The maximum absolute atomic E-state index is 13.5. The van der Waals surface area contributed by atoms with Crippen LogP contribution >= 0.6 is 0 Å². The summed E-state index contributed by atoms with van der Waals surface area (Å²) in [6.45, 7) is 6.81. The minimum Gasteiger partial charge on any atom is -0.493 e. The van der Waals surface area contributed by atoms with Gasteiger partial charge in [0.1, 0.15) is 17.1 Å². The Balaban J connectivity index is 1.55. The minimum absolute atomic E-state index is 0.0369. The lowest BCUT2D eigenvalue weighted by Crippen LogP contribution is -2.64. The Morgan fingerprint density at radius 1 is 1.36 bits per heavy atom. The molecule has 0 radical (unpaired) electrons. The van der Waals surface area contributed by atoms with Crippen molar-refractivity contribution in [2.75, 3.05) is 6.61 Å². The second-order valence-electron chi connectivity index (χ2n) is 9.58. The number of aryl methyl sites for hydroxylation is 1. The van der Waals surface area contributed by atoms with E-state index in [1.807, 2.05) is 13.0 Å². The molecule has 4 atom stereocenters. The largest absolute Gasteiger partial charge is 0.493 e. The monoisotopic (exact) mass is 450 g/mol. The molecule has 2 aliphatic carbocycles. The predicted molar refractivity (Wildman–Crippen MR) is 123 cm³/mol. The highest BCUT2D eigenvalue weighted by atomic mass is 16.5. The lowest BCUT2D eigenvalue weighted by molar-refractivity contribution is 0.0793. The fraction of sp³-hybridized carbons (Fsp3) is 0.458. The predicted octanol–water partition coefficient (Wildman–Crippen LogP) is 1.47. The molecule has 1 aromatic heterocycles. The molecule has 33 heavy (non-hydrogen) atoms. The number of ether oxygens (including phenoxy) is 1. The second-order valence-corrected chi connectivity index (χ2v) is 9.58. The van der Waals surface area contributed by atoms with Gasteiger partial charge in [-0.1, -0.05) is 6.08 Å². The highest BCUT2D eigenvalue weighted by molar-refractivity contribution is 5.95. The second kappa shape index (κ2) is 7.71. The fourth-order valence-corrected chi connectivity index (χ4v) is 5.36. The number of rotatable bonds is 7. The van der Waals surface area contributed by atoms with Crippen LogP contribution in [0, 0.1) is 18.8 Å². The molecule has 2 amide bonds. The fourth-order valence-electron chi connectivity index (χ4n) is 5.36.